The maximum absolute atomic E-state index is 12.0. The van der Waals surface area contributed by atoms with Crippen molar-refractivity contribution in [3.63, 3.8) is 0 Å². The van der Waals surface area contributed by atoms with Gasteiger partial charge in [-0.3, -0.25) is 4.79 Å². The highest BCUT2D eigenvalue weighted by Crippen LogP contribution is 2.17. The molecule has 1 aromatic carbocycles. The minimum Gasteiger partial charge on any atom is -0.435 e. The van der Waals surface area contributed by atoms with E-state index in [1.807, 2.05) is 6.92 Å². The summed E-state index contributed by atoms with van der Waals surface area (Å²) in [6.45, 7) is 1.12. The zero-order chi connectivity index (χ0) is 16.5. The third kappa shape index (κ3) is 6.38. The van der Waals surface area contributed by atoms with Gasteiger partial charge in [0.25, 0.3) is 0 Å². The number of carbonyl (C=O) groups excluding carboxylic acids is 2. The van der Waals surface area contributed by atoms with Gasteiger partial charge >= 0.3 is 12.6 Å². The van der Waals surface area contributed by atoms with Gasteiger partial charge in [-0.25, -0.2) is 4.79 Å². The number of benzene rings is 1. The quantitative estimate of drug-likeness (QED) is 0.722. The molecule has 6 nitrogen and oxygen atoms in total. The molecule has 0 saturated heterocycles. The Balaban J connectivity index is 2.46. The van der Waals surface area contributed by atoms with Crippen LogP contribution in [0.4, 0.5) is 19.3 Å². The third-order valence-corrected chi connectivity index (χ3v) is 2.63. The van der Waals surface area contributed by atoms with E-state index in [9.17, 15) is 18.4 Å². The molecule has 0 aliphatic carbocycles. The Hall–Kier alpha value is -2.38. The van der Waals surface area contributed by atoms with Gasteiger partial charge in [0.1, 0.15) is 11.8 Å². The maximum Gasteiger partial charge on any atom is 0.387 e. The molecule has 0 heterocycles. The molecule has 0 aliphatic heterocycles. The molecule has 0 spiro atoms. The van der Waals surface area contributed by atoms with Crippen LogP contribution < -0.4 is 20.7 Å². The van der Waals surface area contributed by atoms with Crippen molar-refractivity contribution in [3.8, 4) is 5.75 Å². The second-order valence-electron chi connectivity index (χ2n) is 4.51. The monoisotopic (exact) mass is 315 g/mol. The maximum atomic E-state index is 12.0. The lowest BCUT2D eigenvalue weighted by Gasteiger charge is -2.14. The largest absolute Gasteiger partial charge is 0.435 e. The minimum absolute atomic E-state index is 0.00623. The Morgan fingerprint density at radius 1 is 1.23 bits per heavy atom. The molecule has 1 atom stereocenters. The standard InChI is InChI=1S/C14H19F2N3O3/c1-3-8-17-12(20)9(2)18-14(21)19-10-4-6-11(7-5-10)22-13(15)16/h4-7,9,13H,3,8H2,1-2H3,(H,17,20)(H2,18,19,21)/t9-/m1/s1. The summed E-state index contributed by atoms with van der Waals surface area (Å²) in [6, 6.07) is 4.19. The van der Waals surface area contributed by atoms with E-state index in [4.69, 9.17) is 0 Å². The van der Waals surface area contributed by atoms with E-state index < -0.39 is 18.7 Å². The fourth-order valence-electron chi connectivity index (χ4n) is 1.55. The molecule has 1 aromatic rings. The second kappa shape index (κ2) is 8.81. The van der Waals surface area contributed by atoms with E-state index in [0.717, 1.165) is 6.42 Å². The van der Waals surface area contributed by atoms with Gasteiger partial charge in [-0.2, -0.15) is 8.78 Å². The summed E-state index contributed by atoms with van der Waals surface area (Å²) in [4.78, 5) is 23.3. The van der Waals surface area contributed by atoms with Crippen LogP contribution in [0, 0.1) is 0 Å². The van der Waals surface area contributed by atoms with Gasteiger partial charge in [-0.1, -0.05) is 6.92 Å². The summed E-state index contributed by atoms with van der Waals surface area (Å²) < 4.78 is 28.2. The average Bonchev–Trinajstić information content (AvgIpc) is 2.46. The van der Waals surface area contributed by atoms with Crippen LogP contribution in [0.1, 0.15) is 20.3 Å². The number of ether oxygens (including phenoxy) is 1. The number of hydrogen-bond acceptors (Lipinski definition) is 3. The van der Waals surface area contributed by atoms with Crippen LogP contribution >= 0.6 is 0 Å². The van der Waals surface area contributed by atoms with Gasteiger partial charge in [0, 0.05) is 12.2 Å². The first kappa shape index (κ1) is 17.7. The summed E-state index contributed by atoms with van der Waals surface area (Å²) in [5.74, 6) is -0.286. The molecule has 0 aromatic heterocycles. The van der Waals surface area contributed by atoms with E-state index in [0.29, 0.717) is 12.2 Å². The molecule has 0 bridgehead atoms. The molecule has 0 fully saturated rings. The molecular formula is C14H19F2N3O3. The molecule has 0 radical (unpaired) electrons. The van der Waals surface area contributed by atoms with Crippen molar-refractivity contribution in [2.45, 2.75) is 32.9 Å². The van der Waals surface area contributed by atoms with E-state index in [2.05, 4.69) is 20.7 Å². The van der Waals surface area contributed by atoms with Crippen LogP contribution in [0.15, 0.2) is 24.3 Å². The smallest absolute Gasteiger partial charge is 0.387 e. The van der Waals surface area contributed by atoms with E-state index in [1.54, 1.807) is 6.92 Å². The van der Waals surface area contributed by atoms with Gasteiger partial charge in [-0.15, -0.1) is 0 Å². The first-order valence-corrected chi connectivity index (χ1v) is 6.82. The normalized spacial score (nSPS) is 11.7. The first-order chi connectivity index (χ1) is 10.4. The highest BCUT2D eigenvalue weighted by molar-refractivity contribution is 5.93. The third-order valence-electron chi connectivity index (χ3n) is 2.63. The van der Waals surface area contributed by atoms with Crippen molar-refractivity contribution in [1.29, 1.82) is 0 Å². The van der Waals surface area contributed by atoms with Crippen molar-refractivity contribution in [1.82, 2.24) is 10.6 Å². The summed E-state index contributed by atoms with van der Waals surface area (Å²) in [5.41, 5.74) is 0.389. The van der Waals surface area contributed by atoms with Gasteiger partial charge < -0.3 is 20.7 Å². The Labute approximate surface area is 127 Å². The number of hydrogen-bond donors (Lipinski definition) is 3. The molecule has 0 saturated carbocycles. The van der Waals surface area contributed by atoms with Gasteiger partial charge in [-0.05, 0) is 37.6 Å². The fraction of sp³-hybridized carbons (Fsp3) is 0.429. The van der Waals surface area contributed by atoms with Crippen molar-refractivity contribution in [2.24, 2.45) is 0 Å². The SMILES string of the molecule is CCCNC(=O)[C@@H](C)NC(=O)Nc1ccc(OC(F)F)cc1. The lowest BCUT2D eigenvalue weighted by molar-refractivity contribution is -0.122. The van der Waals surface area contributed by atoms with Crippen LogP contribution in [0.3, 0.4) is 0 Å². The van der Waals surface area contributed by atoms with E-state index in [-0.39, 0.29) is 11.7 Å². The Bertz CT molecular complexity index is 495. The molecule has 122 valence electrons. The van der Waals surface area contributed by atoms with E-state index in [1.165, 1.54) is 24.3 Å². The predicted molar refractivity (Wildman–Crippen MR) is 78.0 cm³/mol. The summed E-state index contributed by atoms with van der Waals surface area (Å²) in [6.07, 6.45) is 0.803. The summed E-state index contributed by atoms with van der Waals surface area (Å²) in [7, 11) is 0. The van der Waals surface area contributed by atoms with Gasteiger partial charge in [0.15, 0.2) is 0 Å². The van der Waals surface area contributed by atoms with Gasteiger partial charge in [0.05, 0.1) is 0 Å². The van der Waals surface area contributed by atoms with Crippen molar-refractivity contribution >= 4 is 17.6 Å². The number of halogens is 2. The van der Waals surface area contributed by atoms with Crippen molar-refractivity contribution in [3.05, 3.63) is 24.3 Å². The van der Waals surface area contributed by atoms with Crippen LogP contribution in [0.5, 0.6) is 5.75 Å². The van der Waals surface area contributed by atoms with Gasteiger partial charge in [0.2, 0.25) is 5.91 Å². The van der Waals surface area contributed by atoms with Crippen LogP contribution in [-0.4, -0.2) is 31.1 Å². The molecule has 3 amide bonds. The number of anilines is 1. The summed E-state index contributed by atoms with van der Waals surface area (Å²) in [5, 5.41) is 7.62. The average molecular weight is 315 g/mol. The number of rotatable bonds is 7. The topological polar surface area (TPSA) is 79.5 Å². The zero-order valence-electron chi connectivity index (χ0n) is 12.4. The molecule has 0 aliphatic rings. The molecule has 8 heteroatoms. The second-order valence-corrected chi connectivity index (χ2v) is 4.51. The molecule has 3 N–H and O–H groups in total. The highest BCUT2D eigenvalue weighted by atomic mass is 19.3. The Morgan fingerprint density at radius 2 is 1.86 bits per heavy atom. The lowest BCUT2D eigenvalue weighted by atomic mass is 10.3. The highest BCUT2D eigenvalue weighted by Gasteiger charge is 2.14. The minimum atomic E-state index is -2.90. The Morgan fingerprint density at radius 3 is 2.41 bits per heavy atom. The van der Waals surface area contributed by atoms with Crippen molar-refractivity contribution < 1.29 is 23.1 Å². The number of alkyl halides is 2. The number of carbonyl (C=O) groups is 2. The molecule has 22 heavy (non-hydrogen) atoms. The number of urea groups is 1. The van der Waals surface area contributed by atoms with Crippen molar-refractivity contribution in [2.75, 3.05) is 11.9 Å². The Kier molecular flexibility index (Phi) is 7.07. The zero-order valence-corrected chi connectivity index (χ0v) is 12.4. The molecular weight excluding hydrogens is 296 g/mol. The predicted octanol–water partition coefficient (Wildman–Crippen LogP) is 2.32. The lowest BCUT2D eigenvalue weighted by Crippen LogP contribution is -2.46. The number of nitrogens with one attached hydrogen (secondary N) is 3. The summed E-state index contributed by atoms with van der Waals surface area (Å²) >= 11 is 0. The number of amides is 3. The van der Waals surface area contributed by atoms with Crippen LogP contribution in [-0.2, 0) is 4.79 Å². The first-order valence-electron chi connectivity index (χ1n) is 6.82. The molecule has 1 rings (SSSR count). The van der Waals surface area contributed by atoms with Crippen LogP contribution in [0.25, 0.3) is 0 Å². The van der Waals surface area contributed by atoms with Crippen LogP contribution in [0.2, 0.25) is 0 Å². The molecule has 0 unspecified atom stereocenters. The van der Waals surface area contributed by atoms with E-state index >= 15 is 0 Å². The fourth-order valence-corrected chi connectivity index (χ4v) is 1.55.